The molecule has 4 nitrogen and oxygen atoms in total. The van der Waals surface area contributed by atoms with Gasteiger partial charge in [-0.3, -0.25) is 0 Å². The molecule has 0 radical (unpaired) electrons. The molecule has 66 valence electrons. The number of aromatic carboxylic acids is 1. The number of aromatic nitrogens is 1. The zero-order chi connectivity index (χ0) is 9.14. The Balaban J connectivity index is 3.05. The number of carbonyl (C=O) groups is 1. The Morgan fingerprint density at radius 3 is 2.75 bits per heavy atom. The van der Waals surface area contributed by atoms with E-state index in [9.17, 15) is 4.79 Å². The summed E-state index contributed by atoms with van der Waals surface area (Å²) in [6.07, 6.45) is 0.789. The van der Waals surface area contributed by atoms with E-state index in [1.807, 2.05) is 6.92 Å². The number of carboxylic acid groups (broad SMARTS) is 1. The van der Waals surface area contributed by atoms with Crippen LogP contribution in [0.15, 0.2) is 0 Å². The van der Waals surface area contributed by atoms with Crippen LogP contribution in [0, 0.1) is 0 Å². The first-order chi connectivity index (χ1) is 5.69. The van der Waals surface area contributed by atoms with Gasteiger partial charge in [-0.2, -0.15) is 0 Å². The largest absolute Gasteiger partial charge is 0.476 e. The summed E-state index contributed by atoms with van der Waals surface area (Å²) in [5.74, 6) is -0.977. The summed E-state index contributed by atoms with van der Waals surface area (Å²) in [5, 5.41) is 8.75. The van der Waals surface area contributed by atoms with Crippen LogP contribution in [-0.2, 0) is 13.0 Å². The number of carboxylic acids is 1. The second-order valence-electron chi connectivity index (χ2n) is 2.25. The van der Waals surface area contributed by atoms with Gasteiger partial charge in [-0.25, -0.2) is 9.78 Å². The molecule has 12 heavy (non-hydrogen) atoms. The van der Waals surface area contributed by atoms with Crippen molar-refractivity contribution in [2.45, 2.75) is 19.9 Å². The molecule has 0 aromatic carbocycles. The third kappa shape index (κ3) is 1.62. The van der Waals surface area contributed by atoms with Gasteiger partial charge >= 0.3 is 5.97 Å². The van der Waals surface area contributed by atoms with E-state index in [0.717, 1.165) is 11.3 Å². The number of rotatable bonds is 3. The van der Waals surface area contributed by atoms with Crippen LogP contribution in [0.5, 0.6) is 0 Å². The van der Waals surface area contributed by atoms with Crippen LogP contribution in [0.25, 0.3) is 0 Å². The molecule has 3 N–H and O–H groups in total. The van der Waals surface area contributed by atoms with Gasteiger partial charge in [-0.1, -0.05) is 6.92 Å². The van der Waals surface area contributed by atoms with Crippen LogP contribution >= 0.6 is 11.3 Å². The topological polar surface area (TPSA) is 76.2 Å². The third-order valence-corrected chi connectivity index (χ3v) is 2.71. The Bertz CT molecular complexity index is 274. The number of hydrogen-bond acceptors (Lipinski definition) is 4. The maximum absolute atomic E-state index is 10.5. The summed E-state index contributed by atoms with van der Waals surface area (Å²) in [4.78, 5) is 15.4. The zero-order valence-electron chi connectivity index (χ0n) is 6.70. The second-order valence-corrected chi connectivity index (χ2v) is 3.34. The first-order valence-electron chi connectivity index (χ1n) is 3.61. The fourth-order valence-electron chi connectivity index (χ4n) is 0.911. The molecule has 1 aromatic heterocycles. The van der Waals surface area contributed by atoms with Crippen LogP contribution < -0.4 is 5.73 Å². The summed E-state index contributed by atoms with van der Waals surface area (Å²) in [6.45, 7) is 2.27. The van der Waals surface area contributed by atoms with Gasteiger partial charge in [0.2, 0.25) is 5.01 Å². The zero-order valence-corrected chi connectivity index (χ0v) is 7.52. The van der Waals surface area contributed by atoms with Crippen LogP contribution in [0.4, 0.5) is 0 Å². The Kier molecular flexibility index (Phi) is 2.78. The van der Waals surface area contributed by atoms with E-state index in [4.69, 9.17) is 10.8 Å². The van der Waals surface area contributed by atoms with Crippen molar-refractivity contribution in [3.8, 4) is 0 Å². The van der Waals surface area contributed by atoms with Gasteiger partial charge in [0.15, 0.2) is 0 Å². The molecule has 0 unspecified atom stereocenters. The van der Waals surface area contributed by atoms with E-state index >= 15 is 0 Å². The van der Waals surface area contributed by atoms with Crippen molar-refractivity contribution in [3.05, 3.63) is 15.6 Å². The van der Waals surface area contributed by atoms with Gasteiger partial charge in [-0.05, 0) is 6.42 Å². The van der Waals surface area contributed by atoms with E-state index in [2.05, 4.69) is 4.98 Å². The van der Waals surface area contributed by atoms with Gasteiger partial charge < -0.3 is 10.8 Å². The molecule has 0 aliphatic heterocycles. The maximum atomic E-state index is 10.5. The van der Waals surface area contributed by atoms with Gasteiger partial charge in [0.1, 0.15) is 0 Å². The number of thiazole rings is 1. The standard InChI is InChI=1S/C7H10N2O2S/c1-2-5-4(3-8)9-6(12-5)7(10)11/h2-3,8H2,1H3,(H,10,11). The molecule has 0 atom stereocenters. The number of nitrogens with two attached hydrogens (primary N) is 1. The molecule has 0 aliphatic carbocycles. The maximum Gasteiger partial charge on any atom is 0.365 e. The molecule has 5 heteroatoms. The highest BCUT2D eigenvalue weighted by molar-refractivity contribution is 7.13. The highest BCUT2D eigenvalue weighted by atomic mass is 32.1. The summed E-state index contributed by atoms with van der Waals surface area (Å²) in [5.41, 5.74) is 6.10. The molecule has 0 saturated carbocycles. The summed E-state index contributed by atoms with van der Waals surface area (Å²) < 4.78 is 0. The Labute approximate surface area is 74.0 Å². The number of hydrogen-bond donors (Lipinski definition) is 2. The van der Waals surface area contributed by atoms with Crippen LogP contribution in [0.1, 0.15) is 27.3 Å². The second kappa shape index (κ2) is 3.64. The summed E-state index contributed by atoms with van der Waals surface area (Å²) in [6, 6.07) is 0. The minimum Gasteiger partial charge on any atom is -0.476 e. The lowest BCUT2D eigenvalue weighted by Crippen LogP contribution is -2.01. The van der Waals surface area contributed by atoms with Crippen molar-refractivity contribution >= 4 is 17.3 Å². The molecular weight excluding hydrogens is 176 g/mol. The minimum atomic E-state index is -0.977. The number of aryl methyl sites for hydroxylation is 1. The molecule has 0 bridgehead atoms. The van der Waals surface area contributed by atoms with Crippen molar-refractivity contribution < 1.29 is 9.90 Å². The van der Waals surface area contributed by atoms with E-state index < -0.39 is 5.97 Å². The van der Waals surface area contributed by atoms with Gasteiger partial charge in [-0.15, -0.1) is 11.3 Å². The molecule has 0 amide bonds. The van der Waals surface area contributed by atoms with Gasteiger partial charge in [0.05, 0.1) is 5.69 Å². The van der Waals surface area contributed by atoms with Crippen molar-refractivity contribution in [2.75, 3.05) is 0 Å². The lowest BCUT2D eigenvalue weighted by molar-refractivity contribution is 0.0696. The Morgan fingerprint density at radius 2 is 2.42 bits per heavy atom. The lowest BCUT2D eigenvalue weighted by Gasteiger charge is -1.91. The summed E-state index contributed by atoms with van der Waals surface area (Å²) >= 11 is 1.20. The molecule has 0 spiro atoms. The SMILES string of the molecule is CCc1sc(C(=O)O)nc1CN. The predicted octanol–water partition coefficient (Wildman–Crippen LogP) is 0.862. The monoisotopic (exact) mass is 186 g/mol. The molecule has 1 heterocycles. The van der Waals surface area contributed by atoms with Crippen molar-refractivity contribution in [2.24, 2.45) is 5.73 Å². The van der Waals surface area contributed by atoms with Crippen LogP contribution in [0.3, 0.4) is 0 Å². The number of nitrogens with zero attached hydrogens (tertiary/aromatic N) is 1. The van der Waals surface area contributed by atoms with E-state index in [0.29, 0.717) is 12.2 Å². The normalized spacial score (nSPS) is 10.2. The van der Waals surface area contributed by atoms with Crippen molar-refractivity contribution in [1.82, 2.24) is 4.98 Å². The molecule has 0 saturated heterocycles. The first-order valence-corrected chi connectivity index (χ1v) is 4.42. The molecule has 0 aliphatic rings. The van der Waals surface area contributed by atoms with Crippen LogP contribution in [-0.4, -0.2) is 16.1 Å². The molecule has 1 rings (SSSR count). The van der Waals surface area contributed by atoms with Gasteiger partial charge in [0, 0.05) is 11.4 Å². The molecule has 0 fully saturated rings. The van der Waals surface area contributed by atoms with Crippen LogP contribution in [0.2, 0.25) is 0 Å². The van der Waals surface area contributed by atoms with E-state index in [1.54, 1.807) is 0 Å². The average Bonchev–Trinajstić information content (AvgIpc) is 2.46. The fraction of sp³-hybridized carbons (Fsp3) is 0.429. The Hall–Kier alpha value is -0.940. The predicted molar refractivity (Wildman–Crippen MR) is 46.3 cm³/mol. The van der Waals surface area contributed by atoms with Crippen molar-refractivity contribution in [1.29, 1.82) is 0 Å². The average molecular weight is 186 g/mol. The molecule has 1 aromatic rings. The quantitative estimate of drug-likeness (QED) is 0.734. The van der Waals surface area contributed by atoms with E-state index in [-0.39, 0.29) is 5.01 Å². The highest BCUT2D eigenvalue weighted by Crippen LogP contribution is 2.18. The van der Waals surface area contributed by atoms with Gasteiger partial charge in [0.25, 0.3) is 0 Å². The first kappa shape index (κ1) is 9.15. The summed E-state index contributed by atoms with van der Waals surface area (Å²) in [7, 11) is 0. The highest BCUT2D eigenvalue weighted by Gasteiger charge is 2.12. The molecular formula is C7H10N2O2S. The van der Waals surface area contributed by atoms with E-state index in [1.165, 1.54) is 11.3 Å². The lowest BCUT2D eigenvalue weighted by atomic mass is 10.3. The minimum absolute atomic E-state index is 0.132. The smallest absolute Gasteiger partial charge is 0.365 e. The third-order valence-electron chi connectivity index (χ3n) is 1.48. The van der Waals surface area contributed by atoms with Crippen molar-refractivity contribution in [3.63, 3.8) is 0 Å². The Morgan fingerprint density at radius 1 is 1.75 bits per heavy atom. The fourth-order valence-corrected chi connectivity index (χ4v) is 1.78.